The molecule has 0 aliphatic rings. The maximum absolute atomic E-state index is 10.9. The third kappa shape index (κ3) is 9.62. The number of carbonyl (C=O) groups is 1. The summed E-state index contributed by atoms with van der Waals surface area (Å²) in [5, 5.41) is 12.0. The SMILES string of the molecule is CCCCCN[C@H](CCCN=C(N)N)C(=O)O. The number of unbranched alkanes of at least 4 members (excludes halogenated alkanes) is 2. The molecular weight excluding hydrogens is 220 g/mol. The van der Waals surface area contributed by atoms with Crippen molar-refractivity contribution in [3.05, 3.63) is 0 Å². The number of aliphatic carboxylic acids is 1. The Labute approximate surface area is 102 Å². The third-order valence-corrected chi connectivity index (χ3v) is 2.41. The lowest BCUT2D eigenvalue weighted by Gasteiger charge is -2.13. The van der Waals surface area contributed by atoms with Crippen LogP contribution in [0.5, 0.6) is 0 Å². The van der Waals surface area contributed by atoms with Crippen LogP contribution in [0.15, 0.2) is 4.99 Å². The molecule has 0 heterocycles. The first-order chi connectivity index (χ1) is 8.07. The smallest absolute Gasteiger partial charge is 0.320 e. The van der Waals surface area contributed by atoms with E-state index in [2.05, 4.69) is 17.2 Å². The van der Waals surface area contributed by atoms with Crippen LogP contribution in [0.4, 0.5) is 0 Å². The van der Waals surface area contributed by atoms with Gasteiger partial charge in [0.2, 0.25) is 0 Å². The molecule has 0 radical (unpaired) electrons. The molecule has 0 amide bonds. The highest BCUT2D eigenvalue weighted by molar-refractivity contribution is 5.75. The van der Waals surface area contributed by atoms with E-state index in [1.54, 1.807) is 0 Å². The lowest BCUT2D eigenvalue weighted by molar-refractivity contribution is -0.139. The Kier molecular flexibility index (Phi) is 9.14. The minimum atomic E-state index is -0.814. The lowest BCUT2D eigenvalue weighted by atomic mass is 10.1. The molecule has 0 aliphatic heterocycles. The van der Waals surface area contributed by atoms with E-state index in [4.69, 9.17) is 16.6 Å². The first-order valence-electron chi connectivity index (χ1n) is 6.09. The van der Waals surface area contributed by atoms with Crippen molar-refractivity contribution in [3.8, 4) is 0 Å². The van der Waals surface area contributed by atoms with Crippen molar-refractivity contribution in [2.24, 2.45) is 16.5 Å². The second-order valence-corrected chi connectivity index (χ2v) is 4.00. The zero-order chi connectivity index (χ0) is 13.1. The summed E-state index contributed by atoms with van der Waals surface area (Å²) < 4.78 is 0. The fraction of sp³-hybridized carbons (Fsp3) is 0.818. The quantitative estimate of drug-likeness (QED) is 0.250. The van der Waals surface area contributed by atoms with Crippen molar-refractivity contribution >= 4 is 11.9 Å². The number of rotatable bonds is 10. The van der Waals surface area contributed by atoms with Gasteiger partial charge in [-0.2, -0.15) is 0 Å². The maximum atomic E-state index is 10.9. The van der Waals surface area contributed by atoms with Crippen molar-refractivity contribution in [1.29, 1.82) is 0 Å². The molecule has 0 aliphatic carbocycles. The normalized spacial score (nSPS) is 12.1. The monoisotopic (exact) mass is 244 g/mol. The number of nitrogens with two attached hydrogens (primary N) is 2. The summed E-state index contributed by atoms with van der Waals surface area (Å²) in [7, 11) is 0. The van der Waals surface area contributed by atoms with Crippen molar-refractivity contribution in [2.45, 2.75) is 45.1 Å². The number of carboxylic acid groups (broad SMARTS) is 1. The molecule has 0 rings (SSSR count). The highest BCUT2D eigenvalue weighted by Crippen LogP contribution is 2.00. The van der Waals surface area contributed by atoms with Crippen LogP contribution >= 0.6 is 0 Å². The molecule has 6 N–H and O–H groups in total. The topological polar surface area (TPSA) is 114 Å². The summed E-state index contributed by atoms with van der Waals surface area (Å²) in [6.07, 6.45) is 4.46. The van der Waals surface area contributed by atoms with Crippen LogP contribution in [-0.4, -0.2) is 36.2 Å². The lowest BCUT2D eigenvalue weighted by Crippen LogP contribution is -2.37. The van der Waals surface area contributed by atoms with Gasteiger partial charge in [-0.15, -0.1) is 0 Å². The van der Waals surface area contributed by atoms with Gasteiger partial charge in [0.25, 0.3) is 0 Å². The van der Waals surface area contributed by atoms with E-state index in [1.807, 2.05) is 0 Å². The molecular formula is C11H24N4O2. The van der Waals surface area contributed by atoms with E-state index in [0.717, 1.165) is 25.8 Å². The van der Waals surface area contributed by atoms with Crippen LogP contribution in [0.2, 0.25) is 0 Å². The Morgan fingerprint density at radius 1 is 1.35 bits per heavy atom. The third-order valence-electron chi connectivity index (χ3n) is 2.41. The minimum Gasteiger partial charge on any atom is -0.480 e. The van der Waals surface area contributed by atoms with Gasteiger partial charge in [-0.3, -0.25) is 9.79 Å². The summed E-state index contributed by atoms with van der Waals surface area (Å²) in [4.78, 5) is 14.8. The standard InChI is InChI=1S/C11H24N4O2/c1-2-3-4-7-14-9(10(16)17)6-5-8-15-11(12)13/h9,14H,2-8H2,1H3,(H,16,17)(H4,12,13,15)/t9-/m1/s1. The van der Waals surface area contributed by atoms with Crippen LogP contribution in [0.3, 0.4) is 0 Å². The van der Waals surface area contributed by atoms with E-state index in [-0.39, 0.29) is 5.96 Å². The Bertz CT molecular complexity index is 240. The number of guanidine groups is 1. The van der Waals surface area contributed by atoms with Gasteiger partial charge in [0.1, 0.15) is 6.04 Å². The van der Waals surface area contributed by atoms with Gasteiger partial charge in [-0.05, 0) is 25.8 Å². The van der Waals surface area contributed by atoms with Gasteiger partial charge in [0, 0.05) is 6.54 Å². The average Bonchev–Trinajstić information content (AvgIpc) is 2.26. The molecule has 0 saturated heterocycles. The molecule has 1 atom stereocenters. The number of hydrogen-bond acceptors (Lipinski definition) is 3. The van der Waals surface area contributed by atoms with E-state index in [1.165, 1.54) is 0 Å². The summed E-state index contributed by atoms with van der Waals surface area (Å²) in [5.41, 5.74) is 10.4. The maximum Gasteiger partial charge on any atom is 0.320 e. The number of nitrogens with zero attached hydrogens (tertiary/aromatic N) is 1. The van der Waals surface area contributed by atoms with Gasteiger partial charge in [0.15, 0.2) is 5.96 Å². The van der Waals surface area contributed by atoms with Crippen LogP contribution in [0, 0.1) is 0 Å². The van der Waals surface area contributed by atoms with Gasteiger partial charge in [-0.25, -0.2) is 0 Å². The number of nitrogens with one attached hydrogen (secondary N) is 1. The average molecular weight is 244 g/mol. The van der Waals surface area contributed by atoms with E-state index >= 15 is 0 Å². The van der Waals surface area contributed by atoms with Crippen LogP contribution in [-0.2, 0) is 4.79 Å². The number of aliphatic imine (C=N–C) groups is 1. The molecule has 0 aromatic heterocycles. The van der Waals surface area contributed by atoms with Gasteiger partial charge in [-0.1, -0.05) is 19.8 Å². The number of hydrogen-bond donors (Lipinski definition) is 4. The first-order valence-corrected chi connectivity index (χ1v) is 6.09. The number of carboxylic acids is 1. The van der Waals surface area contributed by atoms with Crippen molar-refractivity contribution in [1.82, 2.24) is 5.32 Å². The van der Waals surface area contributed by atoms with Crippen molar-refractivity contribution in [3.63, 3.8) is 0 Å². The fourth-order valence-electron chi connectivity index (χ4n) is 1.47. The molecule has 0 spiro atoms. The predicted octanol–water partition coefficient (Wildman–Crippen LogP) is 0.273. The Hall–Kier alpha value is -1.30. The predicted molar refractivity (Wildman–Crippen MR) is 68.9 cm³/mol. The first kappa shape index (κ1) is 15.7. The molecule has 0 saturated carbocycles. The second kappa shape index (κ2) is 9.89. The molecule has 6 nitrogen and oxygen atoms in total. The molecule has 0 bridgehead atoms. The van der Waals surface area contributed by atoms with Crippen molar-refractivity contribution in [2.75, 3.05) is 13.1 Å². The van der Waals surface area contributed by atoms with Crippen LogP contribution in [0.25, 0.3) is 0 Å². The summed E-state index contributed by atoms with van der Waals surface area (Å²) in [6, 6.07) is -0.499. The van der Waals surface area contributed by atoms with E-state index < -0.39 is 12.0 Å². The fourth-order valence-corrected chi connectivity index (χ4v) is 1.47. The Morgan fingerprint density at radius 3 is 2.59 bits per heavy atom. The highest BCUT2D eigenvalue weighted by Gasteiger charge is 2.15. The molecule has 0 fully saturated rings. The Balaban J connectivity index is 3.75. The second-order valence-electron chi connectivity index (χ2n) is 4.00. The van der Waals surface area contributed by atoms with E-state index in [9.17, 15) is 4.79 Å². The largest absolute Gasteiger partial charge is 0.480 e. The van der Waals surface area contributed by atoms with Gasteiger partial charge in [0.05, 0.1) is 0 Å². The zero-order valence-corrected chi connectivity index (χ0v) is 10.5. The van der Waals surface area contributed by atoms with E-state index in [0.29, 0.717) is 19.4 Å². The molecule has 6 heteroatoms. The molecule has 17 heavy (non-hydrogen) atoms. The summed E-state index contributed by atoms with van der Waals surface area (Å²) >= 11 is 0. The molecule has 0 aromatic rings. The Morgan fingerprint density at radius 2 is 2.06 bits per heavy atom. The molecule has 0 unspecified atom stereocenters. The highest BCUT2D eigenvalue weighted by atomic mass is 16.4. The van der Waals surface area contributed by atoms with Gasteiger partial charge < -0.3 is 21.9 Å². The molecule has 0 aromatic carbocycles. The summed E-state index contributed by atoms with van der Waals surface area (Å²) in [6.45, 7) is 3.33. The molecule has 100 valence electrons. The van der Waals surface area contributed by atoms with Crippen LogP contribution < -0.4 is 16.8 Å². The summed E-state index contributed by atoms with van der Waals surface area (Å²) in [5.74, 6) is -0.765. The van der Waals surface area contributed by atoms with Crippen molar-refractivity contribution < 1.29 is 9.90 Å². The minimum absolute atomic E-state index is 0.0489. The van der Waals surface area contributed by atoms with Gasteiger partial charge >= 0.3 is 5.97 Å². The zero-order valence-electron chi connectivity index (χ0n) is 10.5. The van der Waals surface area contributed by atoms with Crippen LogP contribution in [0.1, 0.15) is 39.0 Å².